The van der Waals surface area contributed by atoms with Crippen LogP contribution in [-0.2, 0) is 6.54 Å². The predicted octanol–water partition coefficient (Wildman–Crippen LogP) is 2.83. The minimum absolute atomic E-state index is 0.390. The summed E-state index contributed by atoms with van der Waals surface area (Å²) in [5.74, 6) is 0. The highest BCUT2D eigenvalue weighted by molar-refractivity contribution is 5.08. The first-order valence-corrected chi connectivity index (χ1v) is 7.50. The van der Waals surface area contributed by atoms with Crippen LogP contribution in [0.4, 0.5) is 0 Å². The van der Waals surface area contributed by atoms with Crippen molar-refractivity contribution in [1.29, 1.82) is 0 Å². The van der Waals surface area contributed by atoms with Crippen LogP contribution in [0.2, 0.25) is 0 Å². The third kappa shape index (κ3) is 4.29. The van der Waals surface area contributed by atoms with E-state index in [2.05, 4.69) is 35.4 Å². The number of hydrogen-bond donors (Lipinski definition) is 1. The molecule has 1 fully saturated rings. The zero-order valence-electron chi connectivity index (χ0n) is 12.4. The van der Waals surface area contributed by atoms with E-state index in [1.807, 2.05) is 18.5 Å². The fourth-order valence-corrected chi connectivity index (χ4v) is 3.14. The van der Waals surface area contributed by atoms with Crippen LogP contribution in [-0.4, -0.2) is 36.1 Å². The molecule has 2 rings (SSSR count). The van der Waals surface area contributed by atoms with E-state index in [1.165, 1.54) is 44.1 Å². The van der Waals surface area contributed by atoms with Crippen molar-refractivity contribution in [2.24, 2.45) is 0 Å². The Bertz CT molecular complexity index is 358. The van der Waals surface area contributed by atoms with Gasteiger partial charge < -0.3 is 10.2 Å². The molecule has 1 aliphatic rings. The number of aromatic nitrogens is 1. The molecule has 106 valence electrons. The van der Waals surface area contributed by atoms with E-state index in [0.29, 0.717) is 5.54 Å². The lowest BCUT2D eigenvalue weighted by molar-refractivity contribution is 0.194. The van der Waals surface area contributed by atoms with Crippen LogP contribution in [0.25, 0.3) is 0 Å². The molecule has 0 radical (unpaired) electrons. The van der Waals surface area contributed by atoms with Crippen LogP contribution in [0.5, 0.6) is 0 Å². The van der Waals surface area contributed by atoms with Crippen molar-refractivity contribution in [3.8, 4) is 0 Å². The summed E-state index contributed by atoms with van der Waals surface area (Å²) in [7, 11) is 4.34. The fourth-order valence-electron chi connectivity index (χ4n) is 3.14. The molecule has 1 heterocycles. The first-order valence-electron chi connectivity index (χ1n) is 7.50. The maximum Gasteiger partial charge on any atom is 0.0312 e. The van der Waals surface area contributed by atoms with Crippen LogP contribution in [0, 0.1) is 0 Å². The number of nitrogens with one attached hydrogen (secondary N) is 1. The van der Waals surface area contributed by atoms with E-state index in [4.69, 9.17) is 0 Å². The van der Waals surface area contributed by atoms with E-state index in [0.717, 1.165) is 13.1 Å². The van der Waals surface area contributed by atoms with Gasteiger partial charge in [-0.25, -0.2) is 0 Å². The maximum absolute atomic E-state index is 4.18. The zero-order chi connectivity index (χ0) is 13.6. The van der Waals surface area contributed by atoms with Gasteiger partial charge in [-0.15, -0.1) is 0 Å². The topological polar surface area (TPSA) is 28.2 Å². The van der Waals surface area contributed by atoms with Crippen LogP contribution in [0.1, 0.15) is 44.1 Å². The van der Waals surface area contributed by atoms with Gasteiger partial charge in [0, 0.05) is 24.5 Å². The first-order chi connectivity index (χ1) is 9.24. The lowest BCUT2D eigenvalue weighted by Crippen LogP contribution is -2.46. The third-order valence-electron chi connectivity index (χ3n) is 4.49. The molecule has 1 N–H and O–H groups in total. The van der Waals surface area contributed by atoms with E-state index in [-0.39, 0.29) is 0 Å². The Balaban J connectivity index is 1.80. The Morgan fingerprint density at radius 2 is 2.11 bits per heavy atom. The molecule has 19 heavy (non-hydrogen) atoms. The van der Waals surface area contributed by atoms with Gasteiger partial charge in [0.2, 0.25) is 0 Å². The molecule has 0 atom stereocenters. The Kier molecular flexibility index (Phi) is 5.34. The van der Waals surface area contributed by atoms with E-state index >= 15 is 0 Å². The van der Waals surface area contributed by atoms with Crippen molar-refractivity contribution >= 4 is 0 Å². The Morgan fingerprint density at radius 1 is 1.32 bits per heavy atom. The number of rotatable bonds is 6. The summed E-state index contributed by atoms with van der Waals surface area (Å²) >= 11 is 0. The molecule has 1 aromatic heterocycles. The molecule has 0 spiro atoms. The number of nitrogens with zero attached hydrogens (tertiary/aromatic N) is 2. The standard InChI is InChI=1S/C16H27N3/c1-17-16(8-4-3-5-9-16)10-12-19(2)14-15-7-6-11-18-13-15/h6-7,11,13,17H,3-5,8-10,12,14H2,1-2H3. The molecule has 1 saturated carbocycles. The van der Waals surface area contributed by atoms with Gasteiger partial charge in [0.05, 0.1) is 0 Å². The van der Waals surface area contributed by atoms with Gasteiger partial charge in [-0.3, -0.25) is 4.98 Å². The molecule has 0 amide bonds. The summed E-state index contributed by atoms with van der Waals surface area (Å²) < 4.78 is 0. The van der Waals surface area contributed by atoms with Crippen LogP contribution >= 0.6 is 0 Å². The fraction of sp³-hybridized carbons (Fsp3) is 0.688. The van der Waals surface area contributed by atoms with Gasteiger partial charge in [-0.1, -0.05) is 25.3 Å². The molecule has 0 aromatic carbocycles. The molecule has 3 nitrogen and oxygen atoms in total. The molecule has 3 heteroatoms. The second-order valence-corrected chi connectivity index (χ2v) is 5.94. The minimum Gasteiger partial charge on any atom is -0.314 e. The smallest absolute Gasteiger partial charge is 0.0312 e. The zero-order valence-corrected chi connectivity index (χ0v) is 12.4. The third-order valence-corrected chi connectivity index (χ3v) is 4.49. The Hall–Kier alpha value is -0.930. The summed E-state index contributed by atoms with van der Waals surface area (Å²) in [6.45, 7) is 2.14. The number of hydrogen-bond acceptors (Lipinski definition) is 3. The SMILES string of the molecule is CNC1(CCN(C)Cc2cccnc2)CCCCC1. The van der Waals surface area contributed by atoms with E-state index < -0.39 is 0 Å². The van der Waals surface area contributed by atoms with Gasteiger partial charge in [0.1, 0.15) is 0 Å². The predicted molar refractivity (Wildman–Crippen MR) is 80.1 cm³/mol. The second-order valence-electron chi connectivity index (χ2n) is 5.94. The molecular formula is C16H27N3. The van der Waals surface area contributed by atoms with Gasteiger partial charge in [-0.05, 0) is 51.5 Å². The summed E-state index contributed by atoms with van der Waals surface area (Å²) in [4.78, 5) is 6.59. The minimum atomic E-state index is 0.390. The molecule has 1 aliphatic carbocycles. The highest BCUT2D eigenvalue weighted by Gasteiger charge is 2.29. The van der Waals surface area contributed by atoms with Crippen molar-refractivity contribution in [1.82, 2.24) is 15.2 Å². The molecule has 0 aliphatic heterocycles. The summed E-state index contributed by atoms with van der Waals surface area (Å²) in [5, 5.41) is 3.60. The van der Waals surface area contributed by atoms with Crippen molar-refractivity contribution in [2.45, 2.75) is 50.6 Å². The van der Waals surface area contributed by atoms with Crippen molar-refractivity contribution in [3.05, 3.63) is 30.1 Å². The van der Waals surface area contributed by atoms with Crippen LogP contribution in [0.3, 0.4) is 0 Å². The largest absolute Gasteiger partial charge is 0.314 e. The number of pyridine rings is 1. The van der Waals surface area contributed by atoms with Gasteiger partial charge in [-0.2, -0.15) is 0 Å². The molecule has 1 aromatic rings. The van der Waals surface area contributed by atoms with Crippen molar-refractivity contribution < 1.29 is 0 Å². The Labute approximate surface area is 117 Å². The van der Waals surface area contributed by atoms with Gasteiger partial charge in [0.15, 0.2) is 0 Å². The van der Waals surface area contributed by atoms with Crippen molar-refractivity contribution in [3.63, 3.8) is 0 Å². The first kappa shape index (κ1) is 14.5. The molecule has 0 unspecified atom stereocenters. The van der Waals surface area contributed by atoms with E-state index in [9.17, 15) is 0 Å². The highest BCUT2D eigenvalue weighted by Crippen LogP contribution is 2.30. The summed E-state index contributed by atoms with van der Waals surface area (Å²) in [6.07, 6.45) is 11.9. The Morgan fingerprint density at radius 3 is 2.74 bits per heavy atom. The van der Waals surface area contributed by atoms with Gasteiger partial charge in [0.25, 0.3) is 0 Å². The average molecular weight is 261 g/mol. The second kappa shape index (κ2) is 7.01. The van der Waals surface area contributed by atoms with Gasteiger partial charge >= 0.3 is 0 Å². The summed E-state index contributed by atoms with van der Waals surface area (Å²) in [5.41, 5.74) is 1.69. The van der Waals surface area contributed by atoms with Crippen LogP contribution < -0.4 is 5.32 Å². The average Bonchev–Trinajstić information content (AvgIpc) is 2.47. The summed E-state index contributed by atoms with van der Waals surface area (Å²) in [6, 6.07) is 4.16. The monoisotopic (exact) mass is 261 g/mol. The quantitative estimate of drug-likeness (QED) is 0.853. The lowest BCUT2D eigenvalue weighted by Gasteiger charge is -2.38. The van der Waals surface area contributed by atoms with Crippen LogP contribution in [0.15, 0.2) is 24.5 Å². The highest BCUT2D eigenvalue weighted by atomic mass is 15.1. The normalized spacial score (nSPS) is 18.7. The maximum atomic E-state index is 4.18. The molecule has 0 saturated heterocycles. The lowest BCUT2D eigenvalue weighted by atomic mass is 9.79. The molecular weight excluding hydrogens is 234 g/mol. The van der Waals surface area contributed by atoms with Crippen molar-refractivity contribution in [2.75, 3.05) is 20.6 Å². The van der Waals surface area contributed by atoms with E-state index in [1.54, 1.807) is 0 Å². The molecule has 0 bridgehead atoms.